The van der Waals surface area contributed by atoms with Gasteiger partial charge in [0, 0.05) is 0 Å². The summed E-state index contributed by atoms with van der Waals surface area (Å²) in [5.74, 6) is 6.58. The summed E-state index contributed by atoms with van der Waals surface area (Å²) in [4.78, 5) is 12.2. The number of hydrogen-bond acceptors (Lipinski definition) is 8. The van der Waals surface area contributed by atoms with Gasteiger partial charge in [0.05, 0.1) is 19.3 Å². The van der Waals surface area contributed by atoms with Crippen molar-refractivity contribution in [3.05, 3.63) is 0 Å². The molecular formula is C12H22N6O2. The summed E-state index contributed by atoms with van der Waals surface area (Å²) in [5.41, 5.74) is 1.99. The molecule has 2 rings (SSSR count). The number of aliphatic hydroxyl groups excluding tert-OH is 1. The Balaban J connectivity index is 2.18. The molecule has 1 aliphatic rings. The SMILES string of the molecule is COc1nc(NN)nc(NC2(CO)CCC(C)CC2)n1. The third-order valence-corrected chi connectivity index (χ3v) is 3.84. The first-order valence-electron chi connectivity index (χ1n) is 6.76. The standard InChI is InChI=1S/C12H22N6O2/c1-8-3-5-12(7-19,6-4-8)17-9-14-10(18-13)16-11(15-9)20-2/h8,19H,3-7,13H2,1-2H3,(H2,14,15,16,17,18). The van der Waals surface area contributed by atoms with Crippen molar-refractivity contribution in [3.63, 3.8) is 0 Å². The van der Waals surface area contributed by atoms with E-state index in [9.17, 15) is 5.11 Å². The van der Waals surface area contributed by atoms with Crippen LogP contribution in [0, 0.1) is 5.92 Å². The third kappa shape index (κ3) is 3.26. The molecule has 0 radical (unpaired) electrons. The number of anilines is 2. The van der Waals surface area contributed by atoms with Crippen LogP contribution < -0.4 is 21.3 Å². The van der Waals surface area contributed by atoms with Gasteiger partial charge in [0.2, 0.25) is 11.9 Å². The number of ether oxygens (including phenoxy) is 1. The van der Waals surface area contributed by atoms with Gasteiger partial charge in [-0.15, -0.1) is 0 Å². The predicted molar refractivity (Wildman–Crippen MR) is 75.3 cm³/mol. The summed E-state index contributed by atoms with van der Waals surface area (Å²) in [6, 6.07) is 0.174. The van der Waals surface area contributed by atoms with Gasteiger partial charge in [0.1, 0.15) is 0 Å². The summed E-state index contributed by atoms with van der Waals surface area (Å²) in [5, 5.41) is 13.0. The highest BCUT2D eigenvalue weighted by Crippen LogP contribution is 2.33. The zero-order valence-electron chi connectivity index (χ0n) is 11.9. The largest absolute Gasteiger partial charge is 0.467 e. The molecule has 0 saturated heterocycles. The van der Waals surface area contributed by atoms with Gasteiger partial charge in [-0.3, -0.25) is 5.43 Å². The molecule has 1 aromatic rings. The van der Waals surface area contributed by atoms with Crippen molar-refractivity contribution in [1.82, 2.24) is 15.0 Å². The van der Waals surface area contributed by atoms with E-state index < -0.39 is 0 Å². The van der Waals surface area contributed by atoms with E-state index in [-0.39, 0.29) is 24.1 Å². The van der Waals surface area contributed by atoms with Crippen molar-refractivity contribution in [2.75, 3.05) is 24.5 Å². The van der Waals surface area contributed by atoms with Gasteiger partial charge >= 0.3 is 6.01 Å². The van der Waals surface area contributed by atoms with E-state index in [1.165, 1.54) is 7.11 Å². The van der Waals surface area contributed by atoms with E-state index in [0.717, 1.165) is 25.7 Å². The summed E-state index contributed by atoms with van der Waals surface area (Å²) >= 11 is 0. The minimum atomic E-state index is -0.384. The smallest absolute Gasteiger partial charge is 0.322 e. The molecule has 1 fully saturated rings. The molecule has 20 heavy (non-hydrogen) atoms. The molecule has 1 aliphatic carbocycles. The van der Waals surface area contributed by atoms with Gasteiger partial charge in [-0.2, -0.15) is 15.0 Å². The zero-order chi connectivity index (χ0) is 14.6. The molecular weight excluding hydrogens is 260 g/mol. The number of nitrogen functional groups attached to an aromatic ring is 1. The second kappa shape index (κ2) is 6.19. The first-order chi connectivity index (χ1) is 9.60. The van der Waals surface area contributed by atoms with Crippen LogP contribution in [-0.2, 0) is 0 Å². The predicted octanol–water partition coefficient (Wildman–Crippen LogP) is 0.519. The lowest BCUT2D eigenvalue weighted by molar-refractivity contribution is 0.154. The summed E-state index contributed by atoms with van der Waals surface area (Å²) < 4.78 is 5.01. The van der Waals surface area contributed by atoms with Crippen molar-refractivity contribution in [3.8, 4) is 6.01 Å². The van der Waals surface area contributed by atoms with E-state index in [1.807, 2.05) is 0 Å². The molecule has 0 aromatic carbocycles. The number of aromatic nitrogens is 3. The van der Waals surface area contributed by atoms with Crippen LogP contribution in [0.4, 0.5) is 11.9 Å². The van der Waals surface area contributed by atoms with E-state index in [1.54, 1.807) is 0 Å². The van der Waals surface area contributed by atoms with Gasteiger partial charge in [0.25, 0.3) is 0 Å². The lowest BCUT2D eigenvalue weighted by Gasteiger charge is -2.38. The normalized spacial score (nSPS) is 26.1. The number of nitrogens with zero attached hydrogens (tertiary/aromatic N) is 3. The Hall–Kier alpha value is -1.67. The van der Waals surface area contributed by atoms with Crippen molar-refractivity contribution in [1.29, 1.82) is 0 Å². The minimum Gasteiger partial charge on any atom is -0.467 e. The van der Waals surface area contributed by atoms with Crippen LogP contribution in [-0.4, -0.2) is 39.3 Å². The summed E-state index contributed by atoms with van der Waals surface area (Å²) in [6.07, 6.45) is 3.89. The second-order valence-electron chi connectivity index (χ2n) is 5.36. The fourth-order valence-corrected chi connectivity index (χ4v) is 2.44. The average Bonchev–Trinajstić information content (AvgIpc) is 2.49. The minimum absolute atomic E-state index is 0.0408. The fourth-order valence-electron chi connectivity index (χ4n) is 2.44. The first kappa shape index (κ1) is 14.7. The Morgan fingerprint density at radius 3 is 2.50 bits per heavy atom. The van der Waals surface area contributed by atoms with Crippen molar-refractivity contribution in [2.45, 2.75) is 38.1 Å². The molecule has 0 bridgehead atoms. The number of nitrogens with two attached hydrogens (primary N) is 1. The molecule has 0 atom stereocenters. The van der Waals surface area contributed by atoms with Crippen LogP contribution in [0.3, 0.4) is 0 Å². The topological polar surface area (TPSA) is 118 Å². The Labute approximate surface area is 118 Å². The number of nitrogens with one attached hydrogen (secondary N) is 2. The molecule has 8 heteroatoms. The van der Waals surface area contributed by atoms with E-state index >= 15 is 0 Å². The van der Waals surface area contributed by atoms with E-state index in [2.05, 4.69) is 32.6 Å². The number of hydrogen-bond donors (Lipinski definition) is 4. The first-order valence-corrected chi connectivity index (χ1v) is 6.76. The van der Waals surface area contributed by atoms with Crippen molar-refractivity contribution < 1.29 is 9.84 Å². The van der Waals surface area contributed by atoms with Gasteiger partial charge in [0.15, 0.2) is 0 Å². The van der Waals surface area contributed by atoms with Crippen LogP contribution in [0.1, 0.15) is 32.6 Å². The Morgan fingerprint density at radius 1 is 1.30 bits per heavy atom. The number of rotatable bonds is 5. The number of hydrazine groups is 1. The van der Waals surface area contributed by atoms with E-state index in [4.69, 9.17) is 10.6 Å². The molecule has 5 N–H and O–H groups in total. The molecule has 0 spiro atoms. The van der Waals surface area contributed by atoms with Gasteiger partial charge in [-0.25, -0.2) is 5.84 Å². The molecule has 0 aliphatic heterocycles. The molecule has 1 saturated carbocycles. The Bertz CT molecular complexity index is 425. The maximum absolute atomic E-state index is 9.74. The Kier molecular flexibility index (Phi) is 4.56. The lowest BCUT2D eigenvalue weighted by Crippen LogP contribution is -2.45. The molecule has 112 valence electrons. The second-order valence-corrected chi connectivity index (χ2v) is 5.36. The molecule has 0 unspecified atom stereocenters. The maximum Gasteiger partial charge on any atom is 0.322 e. The van der Waals surface area contributed by atoms with Crippen molar-refractivity contribution in [2.24, 2.45) is 11.8 Å². The van der Waals surface area contributed by atoms with Crippen LogP contribution in [0.2, 0.25) is 0 Å². The molecule has 1 aromatic heterocycles. The van der Waals surface area contributed by atoms with Crippen LogP contribution in [0.15, 0.2) is 0 Å². The molecule has 8 nitrogen and oxygen atoms in total. The van der Waals surface area contributed by atoms with Gasteiger partial charge in [-0.1, -0.05) is 6.92 Å². The highest BCUT2D eigenvalue weighted by atomic mass is 16.5. The third-order valence-electron chi connectivity index (χ3n) is 3.84. The maximum atomic E-state index is 9.74. The lowest BCUT2D eigenvalue weighted by atomic mass is 9.77. The quantitative estimate of drug-likeness (QED) is 0.456. The molecule has 1 heterocycles. The highest BCUT2D eigenvalue weighted by molar-refractivity contribution is 5.37. The zero-order valence-corrected chi connectivity index (χ0v) is 11.9. The van der Waals surface area contributed by atoms with Gasteiger partial charge in [-0.05, 0) is 31.6 Å². The van der Waals surface area contributed by atoms with Crippen LogP contribution >= 0.6 is 0 Å². The fraction of sp³-hybridized carbons (Fsp3) is 0.750. The van der Waals surface area contributed by atoms with E-state index in [0.29, 0.717) is 11.9 Å². The Morgan fingerprint density at radius 2 is 1.95 bits per heavy atom. The van der Waals surface area contributed by atoms with Gasteiger partial charge < -0.3 is 15.2 Å². The highest BCUT2D eigenvalue weighted by Gasteiger charge is 2.34. The summed E-state index contributed by atoms with van der Waals surface area (Å²) in [6.45, 7) is 2.27. The van der Waals surface area contributed by atoms with Crippen LogP contribution in [0.5, 0.6) is 6.01 Å². The summed E-state index contributed by atoms with van der Waals surface area (Å²) in [7, 11) is 1.48. The monoisotopic (exact) mass is 282 g/mol. The number of methoxy groups -OCH3 is 1. The van der Waals surface area contributed by atoms with Crippen LogP contribution in [0.25, 0.3) is 0 Å². The number of aliphatic hydroxyl groups is 1. The average molecular weight is 282 g/mol. The molecule has 0 amide bonds. The van der Waals surface area contributed by atoms with Crippen molar-refractivity contribution >= 4 is 11.9 Å².